The lowest BCUT2D eigenvalue weighted by Crippen LogP contribution is -2.29. The quantitative estimate of drug-likeness (QED) is 0.674. The molecule has 0 spiro atoms. The number of hydrogen-bond donors (Lipinski definition) is 2. The largest absolute Gasteiger partial charge is 0.490 e. The molecular formula is C17H23N5O4S. The van der Waals surface area contributed by atoms with Crippen molar-refractivity contribution in [1.82, 2.24) is 14.9 Å². The summed E-state index contributed by atoms with van der Waals surface area (Å²) in [5, 5.41) is 10.9. The molecule has 2 heterocycles. The van der Waals surface area contributed by atoms with E-state index < -0.39 is 10.0 Å². The van der Waals surface area contributed by atoms with Crippen molar-refractivity contribution >= 4 is 21.5 Å². The van der Waals surface area contributed by atoms with Gasteiger partial charge in [0.2, 0.25) is 10.0 Å². The molecule has 1 aliphatic rings. The van der Waals surface area contributed by atoms with Crippen molar-refractivity contribution in [3.05, 3.63) is 30.5 Å². The van der Waals surface area contributed by atoms with Crippen LogP contribution in [0.5, 0.6) is 11.5 Å². The van der Waals surface area contributed by atoms with Gasteiger partial charge in [-0.1, -0.05) is 0 Å². The Labute approximate surface area is 158 Å². The number of ether oxygens (including phenoxy) is 2. The molecule has 0 radical (unpaired) electrons. The Morgan fingerprint density at radius 2 is 1.89 bits per heavy atom. The van der Waals surface area contributed by atoms with Gasteiger partial charge in [0, 0.05) is 45.7 Å². The molecule has 0 fully saturated rings. The second-order valence-electron chi connectivity index (χ2n) is 6.18. The third-order valence-corrected chi connectivity index (χ3v) is 5.37. The number of aromatic nitrogens is 2. The number of sulfonamides is 1. The van der Waals surface area contributed by atoms with Gasteiger partial charge in [0.05, 0.1) is 30.0 Å². The fourth-order valence-electron chi connectivity index (χ4n) is 2.46. The van der Waals surface area contributed by atoms with E-state index in [1.54, 1.807) is 12.3 Å². The Morgan fingerprint density at radius 3 is 2.67 bits per heavy atom. The van der Waals surface area contributed by atoms with Crippen molar-refractivity contribution in [3.8, 4) is 11.5 Å². The summed E-state index contributed by atoms with van der Waals surface area (Å²) in [6.07, 6.45) is 2.41. The second kappa shape index (κ2) is 8.40. The second-order valence-corrected chi connectivity index (χ2v) is 7.94. The number of nitrogens with one attached hydrogen (secondary N) is 2. The monoisotopic (exact) mass is 393 g/mol. The highest BCUT2D eigenvalue weighted by Crippen LogP contribution is 2.31. The maximum atomic E-state index is 12.5. The van der Waals surface area contributed by atoms with E-state index in [9.17, 15) is 8.42 Å². The van der Waals surface area contributed by atoms with Crippen LogP contribution in [0.4, 0.5) is 11.5 Å². The summed E-state index contributed by atoms with van der Waals surface area (Å²) >= 11 is 0. The number of anilines is 2. The molecular weight excluding hydrogens is 370 g/mol. The topological polar surface area (TPSA) is 106 Å². The molecule has 27 heavy (non-hydrogen) atoms. The Balaban J connectivity index is 1.57. The molecule has 0 amide bonds. The van der Waals surface area contributed by atoms with Crippen LogP contribution in [0.25, 0.3) is 0 Å². The van der Waals surface area contributed by atoms with E-state index in [2.05, 4.69) is 20.2 Å². The Morgan fingerprint density at radius 1 is 1.11 bits per heavy atom. The number of benzene rings is 1. The lowest BCUT2D eigenvalue weighted by atomic mass is 10.3. The molecule has 2 aromatic rings. The van der Waals surface area contributed by atoms with Crippen LogP contribution in [0.15, 0.2) is 35.4 Å². The number of nitrogens with zero attached hydrogens (tertiary/aromatic N) is 3. The number of hydrogen-bond acceptors (Lipinski definition) is 8. The predicted octanol–water partition coefficient (Wildman–Crippen LogP) is 1.09. The number of fused-ring (bicyclic) bond motifs is 1. The Kier molecular flexibility index (Phi) is 5.97. The maximum Gasteiger partial charge on any atom is 0.240 e. The standard InChI is InChI=1S/C17H23N5O4S/c1-22(2)13-10-17(21-19-12-13)18-6-7-20-27(23,24)14-4-5-15-16(11-14)26-9-3-8-25-15/h4-5,10-12,20H,3,6-9H2,1-2H3,(H,18,21). The smallest absolute Gasteiger partial charge is 0.240 e. The molecule has 0 bridgehead atoms. The Bertz CT molecular complexity index is 889. The van der Waals surface area contributed by atoms with Crippen LogP contribution < -0.4 is 24.4 Å². The minimum absolute atomic E-state index is 0.140. The lowest BCUT2D eigenvalue weighted by Gasteiger charge is -2.13. The molecule has 1 aliphatic heterocycles. The molecule has 3 rings (SSSR count). The van der Waals surface area contributed by atoms with Gasteiger partial charge < -0.3 is 19.7 Å². The predicted molar refractivity (Wildman–Crippen MR) is 102 cm³/mol. The van der Waals surface area contributed by atoms with Crippen molar-refractivity contribution in [2.75, 3.05) is 50.6 Å². The third-order valence-electron chi connectivity index (χ3n) is 3.91. The zero-order valence-corrected chi connectivity index (χ0v) is 16.1. The molecule has 2 N–H and O–H groups in total. The maximum absolute atomic E-state index is 12.5. The molecule has 1 aromatic heterocycles. The molecule has 0 atom stereocenters. The summed E-state index contributed by atoms with van der Waals surface area (Å²) in [6.45, 7) is 1.63. The summed E-state index contributed by atoms with van der Waals surface area (Å²) in [4.78, 5) is 2.05. The van der Waals surface area contributed by atoms with Gasteiger partial charge in [0.25, 0.3) is 0 Å². The fraction of sp³-hybridized carbons (Fsp3) is 0.412. The van der Waals surface area contributed by atoms with E-state index in [0.717, 1.165) is 12.1 Å². The summed E-state index contributed by atoms with van der Waals surface area (Å²) in [5.41, 5.74) is 0.903. The lowest BCUT2D eigenvalue weighted by molar-refractivity contribution is 0.297. The van der Waals surface area contributed by atoms with Crippen LogP contribution in [0, 0.1) is 0 Å². The fourth-order valence-corrected chi connectivity index (χ4v) is 3.50. The molecule has 9 nitrogen and oxygen atoms in total. The van der Waals surface area contributed by atoms with Crippen molar-refractivity contribution in [2.24, 2.45) is 0 Å². The zero-order chi connectivity index (χ0) is 19.3. The molecule has 0 saturated carbocycles. The van der Waals surface area contributed by atoms with Crippen LogP contribution in [0.2, 0.25) is 0 Å². The molecule has 0 aliphatic carbocycles. The van der Waals surface area contributed by atoms with Crippen molar-refractivity contribution in [2.45, 2.75) is 11.3 Å². The summed E-state index contributed by atoms with van der Waals surface area (Å²) < 4.78 is 38.6. The highest BCUT2D eigenvalue weighted by Gasteiger charge is 2.18. The Hall–Kier alpha value is -2.59. The van der Waals surface area contributed by atoms with Crippen LogP contribution in [-0.2, 0) is 10.0 Å². The van der Waals surface area contributed by atoms with Crippen LogP contribution in [0.1, 0.15) is 6.42 Å². The average Bonchev–Trinajstić information content (AvgIpc) is 2.90. The van der Waals surface area contributed by atoms with Gasteiger partial charge >= 0.3 is 0 Å². The highest BCUT2D eigenvalue weighted by molar-refractivity contribution is 7.89. The van der Waals surface area contributed by atoms with E-state index in [1.807, 2.05) is 25.1 Å². The van der Waals surface area contributed by atoms with Gasteiger partial charge in [-0.05, 0) is 12.1 Å². The third kappa shape index (κ3) is 4.98. The first-order valence-corrected chi connectivity index (χ1v) is 10.1. The van der Waals surface area contributed by atoms with Crippen LogP contribution in [-0.4, -0.2) is 59.0 Å². The van der Waals surface area contributed by atoms with Gasteiger partial charge in [0.15, 0.2) is 17.3 Å². The molecule has 0 unspecified atom stereocenters. The van der Waals surface area contributed by atoms with Gasteiger partial charge in [-0.2, -0.15) is 5.10 Å². The normalized spacial score (nSPS) is 13.7. The van der Waals surface area contributed by atoms with E-state index in [0.29, 0.717) is 37.1 Å². The first kappa shape index (κ1) is 19.2. The van der Waals surface area contributed by atoms with Crippen LogP contribution in [0.3, 0.4) is 0 Å². The van der Waals surface area contributed by atoms with Gasteiger partial charge in [-0.15, -0.1) is 5.10 Å². The van der Waals surface area contributed by atoms with Crippen LogP contribution >= 0.6 is 0 Å². The minimum Gasteiger partial charge on any atom is -0.490 e. The molecule has 146 valence electrons. The van der Waals surface area contributed by atoms with E-state index in [1.165, 1.54) is 12.1 Å². The average molecular weight is 393 g/mol. The summed E-state index contributed by atoms with van der Waals surface area (Å²) in [6, 6.07) is 6.46. The summed E-state index contributed by atoms with van der Waals surface area (Å²) in [5.74, 6) is 1.59. The summed E-state index contributed by atoms with van der Waals surface area (Å²) in [7, 11) is 0.162. The molecule has 10 heteroatoms. The van der Waals surface area contributed by atoms with Gasteiger partial charge in [-0.25, -0.2) is 13.1 Å². The zero-order valence-electron chi connectivity index (χ0n) is 15.3. The first-order chi connectivity index (χ1) is 13.0. The SMILES string of the molecule is CN(C)c1cnnc(NCCNS(=O)(=O)c2ccc3c(c2)OCCCO3)c1. The van der Waals surface area contributed by atoms with E-state index in [-0.39, 0.29) is 11.4 Å². The van der Waals surface area contributed by atoms with Crippen molar-refractivity contribution in [3.63, 3.8) is 0 Å². The minimum atomic E-state index is -3.65. The van der Waals surface area contributed by atoms with E-state index in [4.69, 9.17) is 9.47 Å². The van der Waals surface area contributed by atoms with E-state index >= 15 is 0 Å². The van der Waals surface area contributed by atoms with Gasteiger partial charge in [0.1, 0.15) is 0 Å². The van der Waals surface area contributed by atoms with Gasteiger partial charge in [-0.3, -0.25) is 0 Å². The number of rotatable bonds is 7. The van der Waals surface area contributed by atoms with Crippen molar-refractivity contribution in [1.29, 1.82) is 0 Å². The molecule has 0 saturated heterocycles. The van der Waals surface area contributed by atoms with Crippen molar-refractivity contribution < 1.29 is 17.9 Å². The highest BCUT2D eigenvalue weighted by atomic mass is 32.2. The first-order valence-electron chi connectivity index (χ1n) is 8.59. The molecule has 1 aromatic carbocycles.